The standard InChI is InChI=1S/C13H16F2N2OS.ClH/c14-11-4-3-10(6-12(11)15)19-8-13(18)17-7-9-2-1-5-16-9;/h3-4,6,9,16H,1-2,5,7-8H2,(H,17,18);1H. The zero-order valence-corrected chi connectivity index (χ0v) is 12.5. The Morgan fingerprint density at radius 3 is 2.85 bits per heavy atom. The Balaban J connectivity index is 0.00000200. The van der Waals surface area contributed by atoms with Crippen molar-refractivity contribution in [3.05, 3.63) is 29.8 Å². The molecular weight excluding hydrogens is 306 g/mol. The van der Waals surface area contributed by atoms with Crippen molar-refractivity contribution in [2.24, 2.45) is 0 Å². The number of benzene rings is 1. The van der Waals surface area contributed by atoms with Gasteiger partial charge in [-0.3, -0.25) is 4.79 Å². The number of thioether (sulfide) groups is 1. The quantitative estimate of drug-likeness (QED) is 0.818. The van der Waals surface area contributed by atoms with Gasteiger partial charge in [0.05, 0.1) is 5.75 Å². The molecule has 1 aromatic carbocycles. The van der Waals surface area contributed by atoms with Crippen LogP contribution in [-0.4, -0.2) is 30.8 Å². The largest absolute Gasteiger partial charge is 0.354 e. The third-order valence-corrected chi connectivity index (χ3v) is 3.96. The summed E-state index contributed by atoms with van der Waals surface area (Å²) in [6.45, 7) is 1.63. The van der Waals surface area contributed by atoms with Gasteiger partial charge in [-0.1, -0.05) is 0 Å². The Morgan fingerprint density at radius 1 is 1.40 bits per heavy atom. The minimum absolute atomic E-state index is 0. The predicted octanol–water partition coefficient (Wildman–Crippen LogP) is 2.35. The predicted molar refractivity (Wildman–Crippen MR) is 78.4 cm³/mol. The van der Waals surface area contributed by atoms with Crippen LogP contribution < -0.4 is 10.6 Å². The van der Waals surface area contributed by atoms with Gasteiger partial charge in [-0.15, -0.1) is 24.2 Å². The average molecular weight is 323 g/mol. The highest BCUT2D eigenvalue weighted by molar-refractivity contribution is 8.00. The first-order chi connectivity index (χ1) is 9.15. The van der Waals surface area contributed by atoms with E-state index in [1.165, 1.54) is 17.8 Å². The molecule has 1 amide bonds. The first kappa shape index (κ1) is 17.2. The van der Waals surface area contributed by atoms with Crippen molar-refractivity contribution in [3.8, 4) is 0 Å². The molecule has 0 spiro atoms. The Hall–Kier alpha value is -0.850. The zero-order chi connectivity index (χ0) is 13.7. The minimum atomic E-state index is -0.888. The molecule has 1 unspecified atom stereocenters. The van der Waals surface area contributed by atoms with E-state index in [1.54, 1.807) is 0 Å². The first-order valence-corrected chi connectivity index (χ1v) is 7.21. The molecule has 1 atom stereocenters. The molecule has 1 aromatic rings. The van der Waals surface area contributed by atoms with Crippen LogP contribution in [0.15, 0.2) is 23.1 Å². The Labute approximate surface area is 127 Å². The van der Waals surface area contributed by atoms with E-state index in [9.17, 15) is 13.6 Å². The highest BCUT2D eigenvalue weighted by Crippen LogP contribution is 2.20. The van der Waals surface area contributed by atoms with Crippen LogP contribution in [0.1, 0.15) is 12.8 Å². The van der Waals surface area contributed by atoms with Crippen molar-refractivity contribution in [2.45, 2.75) is 23.8 Å². The normalized spacial score (nSPS) is 17.6. The second kappa shape index (κ2) is 8.44. The van der Waals surface area contributed by atoms with Crippen LogP contribution in [0.5, 0.6) is 0 Å². The number of rotatable bonds is 5. The first-order valence-electron chi connectivity index (χ1n) is 6.23. The summed E-state index contributed by atoms with van der Waals surface area (Å²) in [6.07, 6.45) is 2.22. The number of hydrogen-bond donors (Lipinski definition) is 2. The third kappa shape index (κ3) is 5.26. The van der Waals surface area contributed by atoms with E-state index in [-0.39, 0.29) is 24.1 Å². The lowest BCUT2D eigenvalue weighted by Crippen LogP contribution is -2.37. The number of hydrogen-bond acceptors (Lipinski definition) is 3. The van der Waals surface area contributed by atoms with Gasteiger partial charge in [0.2, 0.25) is 5.91 Å². The van der Waals surface area contributed by atoms with Crippen LogP contribution >= 0.6 is 24.2 Å². The molecule has 1 aliphatic heterocycles. The smallest absolute Gasteiger partial charge is 0.230 e. The SMILES string of the molecule is Cl.O=C(CSc1ccc(F)c(F)c1)NCC1CCCN1. The number of amides is 1. The zero-order valence-electron chi connectivity index (χ0n) is 10.8. The van der Waals surface area contributed by atoms with Gasteiger partial charge in [0.25, 0.3) is 0 Å². The highest BCUT2D eigenvalue weighted by Gasteiger charge is 2.14. The van der Waals surface area contributed by atoms with Crippen molar-refractivity contribution in [1.29, 1.82) is 0 Å². The number of carbonyl (C=O) groups excluding carboxylic acids is 1. The monoisotopic (exact) mass is 322 g/mol. The molecule has 2 rings (SSSR count). The van der Waals surface area contributed by atoms with Crippen LogP contribution in [0, 0.1) is 11.6 Å². The second-order valence-corrected chi connectivity index (χ2v) is 5.51. The van der Waals surface area contributed by atoms with Crippen LogP contribution in [-0.2, 0) is 4.79 Å². The van der Waals surface area contributed by atoms with Crippen molar-refractivity contribution in [3.63, 3.8) is 0 Å². The van der Waals surface area contributed by atoms with Gasteiger partial charge in [0, 0.05) is 17.5 Å². The summed E-state index contributed by atoms with van der Waals surface area (Å²) in [4.78, 5) is 12.1. The molecule has 1 saturated heterocycles. The van der Waals surface area contributed by atoms with Gasteiger partial charge in [0.1, 0.15) is 0 Å². The molecule has 1 heterocycles. The fraction of sp³-hybridized carbons (Fsp3) is 0.462. The lowest BCUT2D eigenvalue weighted by molar-refractivity contribution is -0.118. The Kier molecular flexibility index (Phi) is 7.26. The molecule has 0 radical (unpaired) electrons. The van der Waals surface area contributed by atoms with Crippen LogP contribution in [0.3, 0.4) is 0 Å². The van der Waals surface area contributed by atoms with Gasteiger partial charge in [-0.25, -0.2) is 8.78 Å². The molecule has 0 bridgehead atoms. The van der Waals surface area contributed by atoms with Crippen LogP contribution in [0.25, 0.3) is 0 Å². The maximum Gasteiger partial charge on any atom is 0.230 e. The third-order valence-electron chi connectivity index (χ3n) is 2.97. The van der Waals surface area contributed by atoms with Crippen molar-refractivity contribution >= 4 is 30.1 Å². The molecule has 1 fully saturated rings. The van der Waals surface area contributed by atoms with E-state index >= 15 is 0 Å². The number of carbonyl (C=O) groups is 1. The van der Waals surface area contributed by atoms with Gasteiger partial charge in [-0.05, 0) is 37.6 Å². The molecule has 7 heteroatoms. The summed E-state index contributed by atoms with van der Waals surface area (Å²) in [5, 5.41) is 6.12. The van der Waals surface area contributed by atoms with E-state index < -0.39 is 11.6 Å². The molecule has 0 saturated carbocycles. The van der Waals surface area contributed by atoms with Gasteiger partial charge in [-0.2, -0.15) is 0 Å². The molecule has 20 heavy (non-hydrogen) atoms. The van der Waals surface area contributed by atoms with E-state index in [4.69, 9.17) is 0 Å². The average Bonchev–Trinajstić information content (AvgIpc) is 2.91. The van der Waals surface area contributed by atoms with Crippen LogP contribution in [0.2, 0.25) is 0 Å². The molecule has 0 aliphatic carbocycles. The topological polar surface area (TPSA) is 41.1 Å². The van der Waals surface area contributed by atoms with Gasteiger partial charge >= 0.3 is 0 Å². The molecule has 112 valence electrons. The minimum Gasteiger partial charge on any atom is -0.354 e. The number of halogens is 3. The van der Waals surface area contributed by atoms with E-state index in [2.05, 4.69) is 10.6 Å². The van der Waals surface area contributed by atoms with Crippen molar-refractivity contribution in [1.82, 2.24) is 10.6 Å². The maximum atomic E-state index is 13.0. The summed E-state index contributed by atoms with van der Waals surface area (Å²) in [7, 11) is 0. The summed E-state index contributed by atoms with van der Waals surface area (Å²) in [5.41, 5.74) is 0. The summed E-state index contributed by atoms with van der Waals surface area (Å²) in [5.74, 6) is -1.65. The molecule has 3 nitrogen and oxygen atoms in total. The molecular formula is C13H17ClF2N2OS. The number of nitrogens with one attached hydrogen (secondary N) is 2. The van der Waals surface area contributed by atoms with E-state index in [1.807, 2.05) is 0 Å². The Bertz CT molecular complexity index is 456. The molecule has 1 aliphatic rings. The molecule has 0 aromatic heterocycles. The van der Waals surface area contributed by atoms with Gasteiger partial charge < -0.3 is 10.6 Å². The Morgan fingerprint density at radius 2 is 2.20 bits per heavy atom. The fourth-order valence-electron chi connectivity index (χ4n) is 1.93. The van der Waals surface area contributed by atoms with Crippen molar-refractivity contribution in [2.75, 3.05) is 18.8 Å². The second-order valence-electron chi connectivity index (χ2n) is 4.46. The lowest BCUT2D eigenvalue weighted by atomic mass is 10.2. The summed E-state index contributed by atoms with van der Waals surface area (Å²) in [6, 6.07) is 4.00. The van der Waals surface area contributed by atoms with Gasteiger partial charge in [0.15, 0.2) is 11.6 Å². The fourth-order valence-corrected chi connectivity index (χ4v) is 2.69. The summed E-state index contributed by atoms with van der Waals surface area (Å²) < 4.78 is 25.7. The summed E-state index contributed by atoms with van der Waals surface area (Å²) >= 11 is 1.19. The molecule has 2 N–H and O–H groups in total. The van der Waals surface area contributed by atoms with Crippen molar-refractivity contribution < 1.29 is 13.6 Å². The highest BCUT2D eigenvalue weighted by atomic mass is 35.5. The van der Waals surface area contributed by atoms with E-state index in [0.717, 1.165) is 31.5 Å². The lowest BCUT2D eigenvalue weighted by Gasteiger charge is -2.11. The maximum absolute atomic E-state index is 13.0. The van der Waals surface area contributed by atoms with Crippen LogP contribution in [0.4, 0.5) is 8.78 Å². The van der Waals surface area contributed by atoms with E-state index in [0.29, 0.717) is 17.5 Å².